The minimum Gasteiger partial charge on any atom is -0.497 e. The highest BCUT2D eigenvalue weighted by Gasteiger charge is 2.21. The van der Waals surface area contributed by atoms with Crippen LogP contribution in [0.25, 0.3) is 6.08 Å². The zero-order valence-electron chi connectivity index (χ0n) is 15.4. The monoisotopic (exact) mass is 384 g/mol. The Morgan fingerprint density at radius 1 is 1.30 bits per heavy atom. The fraction of sp³-hybridized carbons (Fsp3) is 0.150. The third-order valence-electron chi connectivity index (χ3n) is 4.06. The molecule has 0 saturated heterocycles. The molecule has 1 aliphatic heterocycles. The molecule has 3 rings (SSSR count). The second-order valence-electron chi connectivity index (χ2n) is 5.70. The second kappa shape index (κ2) is 7.59. The molecule has 27 heavy (non-hydrogen) atoms. The summed E-state index contributed by atoms with van der Waals surface area (Å²) in [5.74, 6) is 2.37. The Labute approximate surface area is 162 Å². The number of amides is 2. The standard InChI is InChI=1S/C20H20N2O4S/c1-6-13-9-18-17(26-12(13)2)11-19(27-18)22(3)20(23)21-15-8-7-14(24-4)10-16(15)25-5/h6-11H,1-2H2,3-5H3,(H,21,23). The molecule has 1 aliphatic rings. The summed E-state index contributed by atoms with van der Waals surface area (Å²) in [6, 6.07) is 6.70. The highest BCUT2D eigenvalue weighted by molar-refractivity contribution is 7.17. The predicted octanol–water partition coefficient (Wildman–Crippen LogP) is 4.91. The van der Waals surface area contributed by atoms with Gasteiger partial charge in [-0.2, -0.15) is 0 Å². The largest absolute Gasteiger partial charge is 0.497 e. The second-order valence-corrected chi connectivity index (χ2v) is 6.76. The fourth-order valence-electron chi connectivity index (χ4n) is 2.51. The number of nitrogens with one attached hydrogen (secondary N) is 1. The van der Waals surface area contributed by atoms with E-state index in [1.807, 2.05) is 12.1 Å². The van der Waals surface area contributed by atoms with Gasteiger partial charge in [-0.05, 0) is 18.2 Å². The molecule has 0 saturated carbocycles. The zero-order chi connectivity index (χ0) is 19.6. The van der Waals surface area contributed by atoms with Crippen LogP contribution in [-0.2, 0) is 0 Å². The number of carbonyl (C=O) groups is 1. The van der Waals surface area contributed by atoms with Crippen LogP contribution < -0.4 is 24.4 Å². The van der Waals surface area contributed by atoms with E-state index < -0.39 is 0 Å². The van der Waals surface area contributed by atoms with Crippen LogP contribution in [-0.4, -0.2) is 27.3 Å². The van der Waals surface area contributed by atoms with Crippen LogP contribution in [0.1, 0.15) is 4.88 Å². The van der Waals surface area contributed by atoms with Crippen LogP contribution in [0.2, 0.25) is 0 Å². The summed E-state index contributed by atoms with van der Waals surface area (Å²) in [6.45, 7) is 7.62. The van der Waals surface area contributed by atoms with Gasteiger partial charge in [0.1, 0.15) is 28.0 Å². The lowest BCUT2D eigenvalue weighted by Gasteiger charge is -2.17. The number of ether oxygens (including phenoxy) is 3. The molecule has 7 heteroatoms. The Morgan fingerprint density at radius 3 is 2.74 bits per heavy atom. The Morgan fingerprint density at radius 2 is 2.07 bits per heavy atom. The summed E-state index contributed by atoms with van der Waals surface area (Å²) in [5.41, 5.74) is 1.38. The van der Waals surface area contributed by atoms with Crippen molar-refractivity contribution in [1.82, 2.24) is 0 Å². The minimum absolute atomic E-state index is 0.302. The predicted molar refractivity (Wildman–Crippen MR) is 109 cm³/mol. The van der Waals surface area contributed by atoms with Gasteiger partial charge in [0.2, 0.25) is 0 Å². The molecular weight excluding hydrogens is 364 g/mol. The fourth-order valence-corrected chi connectivity index (χ4v) is 3.51. The van der Waals surface area contributed by atoms with E-state index in [2.05, 4.69) is 18.5 Å². The Hall–Kier alpha value is -3.19. The van der Waals surface area contributed by atoms with E-state index in [1.54, 1.807) is 38.4 Å². The van der Waals surface area contributed by atoms with Gasteiger partial charge in [0.25, 0.3) is 0 Å². The number of nitrogens with zero attached hydrogens (tertiary/aromatic N) is 1. The first-order valence-corrected chi connectivity index (χ1v) is 8.90. The third-order valence-corrected chi connectivity index (χ3v) is 5.20. The van der Waals surface area contributed by atoms with Crippen molar-refractivity contribution in [2.75, 3.05) is 31.5 Å². The number of hydrogen-bond acceptors (Lipinski definition) is 5. The van der Waals surface area contributed by atoms with Crippen molar-refractivity contribution in [3.05, 3.63) is 59.7 Å². The summed E-state index contributed by atoms with van der Waals surface area (Å²) in [5, 5.41) is 3.58. The van der Waals surface area contributed by atoms with Crippen molar-refractivity contribution in [1.29, 1.82) is 0 Å². The highest BCUT2D eigenvalue weighted by atomic mass is 32.1. The van der Waals surface area contributed by atoms with Gasteiger partial charge in [-0.15, -0.1) is 11.3 Å². The number of methoxy groups -OCH3 is 2. The average molecular weight is 384 g/mol. The van der Waals surface area contributed by atoms with Crippen LogP contribution in [0, 0.1) is 0 Å². The van der Waals surface area contributed by atoms with Crippen LogP contribution >= 0.6 is 11.3 Å². The molecule has 0 bridgehead atoms. The number of thiophene rings is 1. The van der Waals surface area contributed by atoms with E-state index in [-0.39, 0.29) is 6.03 Å². The lowest BCUT2D eigenvalue weighted by atomic mass is 10.1. The summed E-state index contributed by atoms with van der Waals surface area (Å²) in [6.07, 6.45) is 3.64. The van der Waals surface area contributed by atoms with E-state index >= 15 is 0 Å². The molecule has 0 radical (unpaired) electrons. The molecule has 6 nitrogen and oxygen atoms in total. The number of allylic oxidation sites excluding steroid dienone is 1. The van der Waals surface area contributed by atoms with E-state index in [1.165, 1.54) is 23.3 Å². The molecule has 1 N–H and O–H groups in total. The molecule has 2 aromatic rings. The number of anilines is 2. The van der Waals surface area contributed by atoms with Crippen molar-refractivity contribution in [2.24, 2.45) is 0 Å². The number of hydrogen-bond donors (Lipinski definition) is 1. The highest BCUT2D eigenvalue weighted by Crippen LogP contribution is 2.41. The van der Waals surface area contributed by atoms with Crippen LogP contribution in [0.3, 0.4) is 0 Å². The first kappa shape index (κ1) is 18.6. The first-order chi connectivity index (χ1) is 13.0. The topological polar surface area (TPSA) is 60.0 Å². The molecule has 1 aromatic heterocycles. The minimum atomic E-state index is -0.302. The van der Waals surface area contributed by atoms with Crippen LogP contribution in [0.15, 0.2) is 54.8 Å². The van der Waals surface area contributed by atoms with E-state index in [9.17, 15) is 4.79 Å². The molecule has 2 heterocycles. The molecule has 0 fully saturated rings. The Kier molecular flexibility index (Phi) is 5.23. The molecule has 0 spiro atoms. The quantitative estimate of drug-likeness (QED) is 0.796. The van der Waals surface area contributed by atoms with Gasteiger partial charge in [-0.3, -0.25) is 4.90 Å². The summed E-state index contributed by atoms with van der Waals surface area (Å²) >= 11 is 1.44. The Bertz CT molecular complexity index is 945. The van der Waals surface area contributed by atoms with Gasteiger partial charge >= 0.3 is 6.03 Å². The van der Waals surface area contributed by atoms with Gasteiger partial charge in [0.15, 0.2) is 0 Å². The maximum absolute atomic E-state index is 12.7. The molecule has 1 aromatic carbocycles. The lowest BCUT2D eigenvalue weighted by molar-refractivity contribution is 0.258. The normalized spacial score (nSPS) is 12.4. The third kappa shape index (κ3) is 3.68. The van der Waals surface area contributed by atoms with E-state index in [4.69, 9.17) is 14.2 Å². The van der Waals surface area contributed by atoms with Crippen LogP contribution in [0.5, 0.6) is 17.2 Å². The number of carbonyl (C=O) groups excluding carboxylic acids is 1. The van der Waals surface area contributed by atoms with Gasteiger partial charge in [-0.1, -0.05) is 19.2 Å². The molecule has 2 amide bonds. The van der Waals surface area contributed by atoms with Gasteiger partial charge in [0, 0.05) is 24.8 Å². The molecule has 0 unspecified atom stereocenters. The van der Waals surface area contributed by atoms with Crippen molar-refractivity contribution >= 4 is 34.1 Å². The van der Waals surface area contributed by atoms with Crippen molar-refractivity contribution in [2.45, 2.75) is 0 Å². The van der Waals surface area contributed by atoms with Gasteiger partial charge < -0.3 is 19.5 Å². The molecular formula is C20H20N2O4S. The summed E-state index contributed by atoms with van der Waals surface area (Å²) in [7, 11) is 4.80. The average Bonchev–Trinajstić information content (AvgIpc) is 3.09. The van der Waals surface area contributed by atoms with Crippen molar-refractivity contribution < 1.29 is 19.0 Å². The number of fused-ring (bicyclic) bond motifs is 1. The molecule has 140 valence electrons. The number of urea groups is 1. The molecule has 0 atom stereocenters. The zero-order valence-corrected chi connectivity index (χ0v) is 16.2. The lowest BCUT2D eigenvalue weighted by Crippen LogP contribution is -2.30. The number of benzene rings is 1. The van der Waals surface area contributed by atoms with Crippen molar-refractivity contribution in [3.63, 3.8) is 0 Å². The molecule has 0 aliphatic carbocycles. The summed E-state index contributed by atoms with van der Waals surface area (Å²) in [4.78, 5) is 15.1. The van der Waals surface area contributed by atoms with Crippen LogP contribution in [0.4, 0.5) is 15.5 Å². The van der Waals surface area contributed by atoms with E-state index in [0.29, 0.717) is 28.7 Å². The smallest absolute Gasteiger partial charge is 0.326 e. The summed E-state index contributed by atoms with van der Waals surface area (Å²) < 4.78 is 16.2. The Balaban J connectivity index is 1.80. The SMILES string of the molecule is C=CC1=Cc2sc(N(C)C(=O)Nc3ccc(OC)cc3OC)cc2OC1=C. The maximum Gasteiger partial charge on any atom is 0.326 e. The van der Waals surface area contributed by atoms with E-state index in [0.717, 1.165) is 15.5 Å². The maximum atomic E-state index is 12.7. The number of rotatable bonds is 5. The van der Waals surface area contributed by atoms with Gasteiger partial charge in [-0.25, -0.2) is 4.79 Å². The van der Waals surface area contributed by atoms with Crippen molar-refractivity contribution in [3.8, 4) is 17.2 Å². The van der Waals surface area contributed by atoms with Gasteiger partial charge in [0.05, 0.1) is 24.8 Å². The first-order valence-electron chi connectivity index (χ1n) is 8.08.